The summed E-state index contributed by atoms with van der Waals surface area (Å²) in [5.74, 6) is 0.492. The van der Waals surface area contributed by atoms with E-state index in [1.54, 1.807) is 12.3 Å². The number of carbonyl (C=O) groups is 1. The Labute approximate surface area is 174 Å². The molecular formula is C23H23FN2O4. The van der Waals surface area contributed by atoms with E-state index in [1.165, 1.54) is 19.2 Å². The summed E-state index contributed by atoms with van der Waals surface area (Å²) in [6.07, 6.45) is 4.17. The average molecular weight is 410 g/mol. The highest BCUT2D eigenvalue weighted by Crippen LogP contribution is 2.38. The van der Waals surface area contributed by atoms with Gasteiger partial charge in [-0.05, 0) is 42.3 Å². The first kappa shape index (κ1) is 20.1. The molecule has 0 spiro atoms. The number of halogens is 1. The lowest BCUT2D eigenvalue weighted by Gasteiger charge is -2.35. The molecule has 0 N–H and O–H groups in total. The minimum atomic E-state index is -0.903. The second-order valence-electron chi connectivity index (χ2n) is 7.32. The Morgan fingerprint density at radius 2 is 2.03 bits per heavy atom. The molecule has 0 radical (unpaired) electrons. The van der Waals surface area contributed by atoms with Crippen molar-refractivity contribution in [3.63, 3.8) is 0 Å². The van der Waals surface area contributed by atoms with Crippen LogP contribution in [0.4, 0.5) is 4.39 Å². The van der Waals surface area contributed by atoms with E-state index >= 15 is 0 Å². The largest absolute Gasteiger partial charge is 0.489 e. The zero-order valence-corrected chi connectivity index (χ0v) is 16.9. The zero-order valence-electron chi connectivity index (χ0n) is 16.9. The van der Waals surface area contributed by atoms with E-state index in [0.29, 0.717) is 17.7 Å². The van der Waals surface area contributed by atoms with E-state index in [-0.39, 0.29) is 25.6 Å². The summed E-state index contributed by atoms with van der Waals surface area (Å²) in [5.41, 5.74) is 1.63. The van der Waals surface area contributed by atoms with Crippen LogP contribution in [0.3, 0.4) is 0 Å². The molecule has 3 aromatic rings. The van der Waals surface area contributed by atoms with Crippen molar-refractivity contribution in [2.75, 3.05) is 13.7 Å². The van der Waals surface area contributed by atoms with E-state index in [9.17, 15) is 9.18 Å². The van der Waals surface area contributed by atoms with Crippen molar-refractivity contribution in [1.82, 2.24) is 9.55 Å². The topological polar surface area (TPSA) is 62.6 Å². The average Bonchev–Trinajstić information content (AvgIpc) is 3.18. The Hall–Kier alpha value is -3.19. The molecule has 1 aliphatic heterocycles. The lowest BCUT2D eigenvalue weighted by Crippen LogP contribution is -2.38. The number of carbonyl (C=O) groups excluding carboxylic acids is 1. The molecule has 6 nitrogen and oxygen atoms in total. The van der Waals surface area contributed by atoms with Crippen molar-refractivity contribution >= 4 is 5.97 Å². The van der Waals surface area contributed by atoms with Gasteiger partial charge in [0.1, 0.15) is 29.6 Å². The maximum atomic E-state index is 14.3. The fourth-order valence-corrected chi connectivity index (χ4v) is 3.72. The molecule has 0 amide bonds. The molecule has 1 aliphatic rings. The van der Waals surface area contributed by atoms with Gasteiger partial charge in [0.15, 0.2) is 0 Å². The highest BCUT2D eigenvalue weighted by Gasteiger charge is 2.39. The molecule has 1 unspecified atom stereocenters. The molecular weight excluding hydrogens is 387 g/mol. The molecule has 1 fully saturated rings. The van der Waals surface area contributed by atoms with Gasteiger partial charge >= 0.3 is 5.97 Å². The summed E-state index contributed by atoms with van der Waals surface area (Å²) in [4.78, 5) is 16.0. The van der Waals surface area contributed by atoms with Gasteiger partial charge in [0.25, 0.3) is 0 Å². The van der Waals surface area contributed by atoms with Crippen LogP contribution in [0, 0.1) is 12.7 Å². The van der Waals surface area contributed by atoms with E-state index in [0.717, 1.165) is 17.1 Å². The Balaban J connectivity index is 1.50. The monoisotopic (exact) mass is 410 g/mol. The maximum Gasteiger partial charge on any atom is 0.309 e. The fourth-order valence-electron chi connectivity index (χ4n) is 3.72. The van der Waals surface area contributed by atoms with Crippen LogP contribution in [0.15, 0.2) is 54.9 Å². The SMILES string of the molecule is COC1(c2cc(F)cc(OCc3ccc(-n4ccnc4C)cc3)c2)CCOC(=O)C1. The number of benzene rings is 2. The second-order valence-corrected chi connectivity index (χ2v) is 7.32. The summed E-state index contributed by atoms with van der Waals surface area (Å²) in [6, 6.07) is 12.3. The van der Waals surface area contributed by atoms with E-state index < -0.39 is 11.4 Å². The molecule has 0 bridgehead atoms. The third-order valence-corrected chi connectivity index (χ3v) is 5.43. The van der Waals surface area contributed by atoms with Crippen molar-refractivity contribution in [2.45, 2.75) is 32.0 Å². The van der Waals surface area contributed by atoms with Crippen LogP contribution in [0.2, 0.25) is 0 Å². The van der Waals surface area contributed by atoms with Gasteiger partial charge in [-0.15, -0.1) is 0 Å². The first-order valence-electron chi connectivity index (χ1n) is 9.73. The quantitative estimate of drug-likeness (QED) is 0.573. The number of hydrogen-bond acceptors (Lipinski definition) is 5. The molecule has 0 aliphatic carbocycles. The predicted molar refractivity (Wildman–Crippen MR) is 108 cm³/mol. The molecule has 2 aromatic carbocycles. The van der Waals surface area contributed by atoms with Crippen molar-refractivity contribution in [3.05, 3.63) is 77.6 Å². The normalized spacial score (nSPS) is 18.8. The van der Waals surface area contributed by atoms with E-state index in [1.807, 2.05) is 42.0 Å². The number of methoxy groups -OCH3 is 1. The first-order chi connectivity index (χ1) is 14.5. The summed E-state index contributed by atoms with van der Waals surface area (Å²) in [5, 5.41) is 0. The van der Waals surface area contributed by atoms with Crippen molar-refractivity contribution in [2.24, 2.45) is 0 Å². The van der Waals surface area contributed by atoms with Gasteiger partial charge < -0.3 is 18.8 Å². The predicted octanol–water partition coefficient (Wildman–Crippen LogP) is 4.08. The second kappa shape index (κ2) is 8.28. The van der Waals surface area contributed by atoms with E-state index in [2.05, 4.69) is 4.98 Å². The van der Waals surface area contributed by atoms with Crippen LogP contribution >= 0.6 is 0 Å². The highest BCUT2D eigenvalue weighted by molar-refractivity contribution is 5.72. The number of rotatable bonds is 6. The summed E-state index contributed by atoms with van der Waals surface area (Å²) >= 11 is 0. The fraction of sp³-hybridized carbons (Fsp3) is 0.304. The van der Waals surface area contributed by atoms with Gasteiger partial charge in [-0.2, -0.15) is 0 Å². The van der Waals surface area contributed by atoms with Gasteiger partial charge in [-0.3, -0.25) is 4.79 Å². The Bertz CT molecular complexity index is 1050. The number of imidazole rings is 1. The molecule has 1 atom stereocenters. The number of nitrogens with zero attached hydrogens (tertiary/aromatic N) is 2. The molecule has 2 heterocycles. The van der Waals surface area contributed by atoms with Gasteiger partial charge in [0.05, 0.1) is 13.0 Å². The van der Waals surface area contributed by atoms with Crippen LogP contribution in [0.5, 0.6) is 5.75 Å². The van der Waals surface area contributed by atoms with Crippen LogP contribution in [-0.2, 0) is 26.5 Å². The minimum Gasteiger partial charge on any atom is -0.489 e. The Kier molecular flexibility index (Phi) is 5.55. The van der Waals surface area contributed by atoms with Crippen LogP contribution in [-0.4, -0.2) is 29.2 Å². The van der Waals surface area contributed by atoms with Gasteiger partial charge in [-0.1, -0.05) is 12.1 Å². The number of aromatic nitrogens is 2. The van der Waals surface area contributed by atoms with Crippen molar-refractivity contribution < 1.29 is 23.4 Å². The maximum absolute atomic E-state index is 14.3. The summed E-state index contributed by atoms with van der Waals surface area (Å²) in [6.45, 7) is 2.47. The van der Waals surface area contributed by atoms with Crippen LogP contribution in [0.25, 0.3) is 5.69 Å². The number of esters is 1. The minimum absolute atomic E-state index is 0.0432. The molecule has 30 heavy (non-hydrogen) atoms. The van der Waals surface area contributed by atoms with Crippen molar-refractivity contribution in [1.29, 1.82) is 0 Å². The van der Waals surface area contributed by atoms with Gasteiger partial charge in [0, 0.05) is 37.7 Å². The number of hydrogen-bond donors (Lipinski definition) is 0. The lowest BCUT2D eigenvalue weighted by molar-refractivity contribution is -0.164. The van der Waals surface area contributed by atoms with Crippen LogP contribution in [0.1, 0.15) is 29.8 Å². The van der Waals surface area contributed by atoms with Crippen molar-refractivity contribution in [3.8, 4) is 11.4 Å². The molecule has 1 saturated heterocycles. The highest BCUT2D eigenvalue weighted by atomic mass is 19.1. The number of aryl methyl sites for hydroxylation is 1. The van der Waals surface area contributed by atoms with Gasteiger partial charge in [-0.25, -0.2) is 9.37 Å². The molecule has 1 aromatic heterocycles. The molecule has 156 valence electrons. The third-order valence-electron chi connectivity index (χ3n) is 5.43. The standard InChI is InChI=1S/C23H23FN2O4/c1-16-25-8-9-26(16)20-5-3-17(4-6-20)15-30-21-12-18(11-19(24)13-21)23(28-2)7-10-29-22(27)14-23/h3-6,8-9,11-13H,7,10,14-15H2,1-2H3. The third kappa shape index (κ3) is 4.07. The molecule has 0 saturated carbocycles. The van der Waals surface area contributed by atoms with Crippen LogP contribution < -0.4 is 4.74 Å². The smallest absolute Gasteiger partial charge is 0.309 e. The summed E-state index contributed by atoms with van der Waals surface area (Å²) in [7, 11) is 1.52. The van der Waals surface area contributed by atoms with E-state index in [4.69, 9.17) is 14.2 Å². The Morgan fingerprint density at radius 1 is 1.23 bits per heavy atom. The Morgan fingerprint density at radius 3 is 2.70 bits per heavy atom. The lowest BCUT2D eigenvalue weighted by atomic mass is 9.85. The summed E-state index contributed by atoms with van der Waals surface area (Å²) < 4.78 is 32.8. The number of ether oxygens (including phenoxy) is 3. The van der Waals surface area contributed by atoms with Gasteiger partial charge in [0.2, 0.25) is 0 Å². The molecule has 7 heteroatoms. The first-order valence-corrected chi connectivity index (χ1v) is 9.73. The zero-order chi connectivity index (χ0) is 21.1. The molecule has 4 rings (SSSR count). The number of cyclic esters (lactones) is 1.